The van der Waals surface area contributed by atoms with Gasteiger partial charge in [-0.05, 0) is 41.0 Å². The van der Waals surface area contributed by atoms with Crippen LogP contribution in [0.5, 0.6) is 0 Å². The number of hydrogen-bond donors (Lipinski definition) is 1. The molecule has 0 atom stereocenters. The van der Waals surface area contributed by atoms with E-state index < -0.39 is 0 Å². The van der Waals surface area contributed by atoms with E-state index in [2.05, 4.69) is 83.1 Å². The first-order chi connectivity index (χ1) is 12.4. The molecule has 4 rings (SSSR count). The maximum atomic E-state index is 4.07. The van der Waals surface area contributed by atoms with Crippen molar-refractivity contribution in [1.29, 1.82) is 0 Å². The Labute approximate surface area is 147 Å². The summed E-state index contributed by atoms with van der Waals surface area (Å²) in [6, 6.07) is 27.5. The van der Waals surface area contributed by atoms with Crippen LogP contribution in [0.1, 0.15) is 5.56 Å². The second-order valence-electron chi connectivity index (χ2n) is 5.93. The highest BCUT2D eigenvalue weighted by Crippen LogP contribution is 2.20. The van der Waals surface area contributed by atoms with Gasteiger partial charge in [0.25, 0.3) is 0 Å². The van der Waals surface area contributed by atoms with Gasteiger partial charge in [-0.2, -0.15) is 0 Å². The molecule has 1 aromatic heterocycles. The van der Waals surface area contributed by atoms with Crippen LogP contribution in [-0.2, 0) is 6.54 Å². The van der Waals surface area contributed by atoms with Crippen LogP contribution >= 0.6 is 0 Å². The van der Waals surface area contributed by atoms with Gasteiger partial charge in [0.15, 0.2) is 0 Å². The fourth-order valence-electron chi connectivity index (χ4n) is 2.81. The van der Waals surface area contributed by atoms with Crippen LogP contribution in [0, 0.1) is 0 Å². The molecule has 1 heterocycles. The van der Waals surface area contributed by atoms with Crippen molar-refractivity contribution in [2.75, 3.05) is 5.32 Å². The van der Waals surface area contributed by atoms with Crippen LogP contribution in [-0.4, -0.2) is 9.55 Å². The predicted octanol–water partition coefficient (Wildman–Crippen LogP) is 5.15. The zero-order valence-electron chi connectivity index (χ0n) is 13.8. The van der Waals surface area contributed by atoms with E-state index in [0.29, 0.717) is 0 Å². The summed E-state index contributed by atoms with van der Waals surface area (Å²) in [4.78, 5) is 4.07. The number of hydrogen-bond acceptors (Lipinski definition) is 2. The lowest BCUT2D eigenvalue weighted by Crippen LogP contribution is -1.99. The SMILES string of the molecule is c1ccc(-c2ccc(CNc3ccc(-n4ccnc4)cc3)cc2)cc1. The van der Waals surface area contributed by atoms with Crippen molar-refractivity contribution in [3.05, 3.63) is 103 Å². The van der Waals surface area contributed by atoms with Gasteiger partial charge < -0.3 is 9.88 Å². The number of rotatable bonds is 5. The molecule has 0 amide bonds. The molecule has 0 aliphatic carbocycles. The van der Waals surface area contributed by atoms with Crippen molar-refractivity contribution < 1.29 is 0 Å². The minimum Gasteiger partial charge on any atom is -0.381 e. The predicted molar refractivity (Wildman–Crippen MR) is 103 cm³/mol. The first kappa shape index (κ1) is 15.2. The topological polar surface area (TPSA) is 29.9 Å². The van der Waals surface area contributed by atoms with Gasteiger partial charge in [0.2, 0.25) is 0 Å². The Hall–Kier alpha value is -3.33. The Morgan fingerprint density at radius 1 is 0.760 bits per heavy atom. The molecule has 3 heteroatoms. The average Bonchev–Trinajstić information content (AvgIpc) is 3.23. The van der Waals surface area contributed by atoms with E-state index in [1.165, 1.54) is 16.7 Å². The first-order valence-corrected chi connectivity index (χ1v) is 8.35. The monoisotopic (exact) mass is 325 g/mol. The Kier molecular flexibility index (Phi) is 4.29. The first-order valence-electron chi connectivity index (χ1n) is 8.35. The molecule has 0 saturated carbocycles. The molecule has 0 spiro atoms. The van der Waals surface area contributed by atoms with Gasteiger partial charge in [-0.1, -0.05) is 54.6 Å². The lowest BCUT2D eigenvalue weighted by atomic mass is 10.0. The van der Waals surface area contributed by atoms with E-state index in [1.54, 1.807) is 12.5 Å². The zero-order chi connectivity index (χ0) is 16.9. The summed E-state index contributed by atoms with van der Waals surface area (Å²) in [6.07, 6.45) is 5.53. The molecule has 0 unspecified atom stereocenters. The van der Waals surface area contributed by atoms with Gasteiger partial charge >= 0.3 is 0 Å². The van der Waals surface area contributed by atoms with Gasteiger partial charge in [0.05, 0.1) is 6.33 Å². The lowest BCUT2D eigenvalue weighted by molar-refractivity contribution is 1.06. The van der Waals surface area contributed by atoms with Gasteiger partial charge in [0.1, 0.15) is 0 Å². The van der Waals surface area contributed by atoms with Crippen LogP contribution in [0.4, 0.5) is 5.69 Å². The van der Waals surface area contributed by atoms with Crippen LogP contribution in [0.25, 0.3) is 16.8 Å². The van der Waals surface area contributed by atoms with Crippen LogP contribution in [0.3, 0.4) is 0 Å². The Morgan fingerprint density at radius 3 is 2.16 bits per heavy atom. The van der Waals surface area contributed by atoms with Crippen molar-refractivity contribution in [2.45, 2.75) is 6.54 Å². The minimum atomic E-state index is 0.805. The fraction of sp³-hybridized carbons (Fsp3) is 0.0455. The van der Waals surface area contributed by atoms with Gasteiger partial charge in [-0.15, -0.1) is 0 Å². The highest BCUT2D eigenvalue weighted by atomic mass is 15.0. The molecule has 3 nitrogen and oxygen atoms in total. The molecule has 0 aliphatic rings. The summed E-state index contributed by atoms with van der Waals surface area (Å²) >= 11 is 0. The molecule has 0 saturated heterocycles. The smallest absolute Gasteiger partial charge is 0.0991 e. The van der Waals surface area contributed by atoms with E-state index in [9.17, 15) is 0 Å². The molecule has 0 fully saturated rings. The van der Waals surface area contributed by atoms with Gasteiger partial charge in [-0.25, -0.2) is 4.98 Å². The zero-order valence-corrected chi connectivity index (χ0v) is 13.8. The number of imidazole rings is 1. The normalized spacial score (nSPS) is 10.6. The van der Waals surface area contributed by atoms with Crippen molar-refractivity contribution in [3.8, 4) is 16.8 Å². The summed E-state index contributed by atoms with van der Waals surface area (Å²) in [5.74, 6) is 0. The number of nitrogens with zero attached hydrogens (tertiary/aromatic N) is 2. The summed E-state index contributed by atoms with van der Waals surface area (Å²) < 4.78 is 1.99. The second kappa shape index (κ2) is 7.05. The maximum Gasteiger partial charge on any atom is 0.0991 e. The summed E-state index contributed by atoms with van der Waals surface area (Å²) in [6.45, 7) is 0.805. The minimum absolute atomic E-state index is 0.805. The number of anilines is 1. The fourth-order valence-corrected chi connectivity index (χ4v) is 2.81. The van der Waals surface area contributed by atoms with E-state index in [1.807, 2.05) is 16.8 Å². The van der Waals surface area contributed by atoms with Crippen LogP contribution in [0.15, 0.2) is 97.6 Å². The van der Waals surface area contributed by atoms with Crippen molar-refractivity contribution in [3.63, 3.8) is 0 Å². The van der Waals surface area contributed by atoms with E-state index in [0.717, 1.165) is 17.9 Å². The molecule has 1 N–H and O–H groups in total. The Morgan fingerprint density at radius 2 is 1.48 bits per heavy atom. The highest BCUT2D eigenvalue weighted by Gasteiger charge is 1.99. The molecule has 3 aromatic carbocycles. The van der Waals surface area contributed by atoms with Crippen molar-refractivity contribution in [1.82, 2.24) is 9.55 Å². The second-order valence-corrected chi connectivity index (χ2v) is 5.93. The average molecular weight is 325 g/mol. The van der Waals surface area contributed by atoms with Gasteiger partial charge in [0, 0.05) is 30.3 Å². The molecule has 0 aliphatic heterocycles. The molecule has 0 radical (unpaired) electrons. The molecular weight excluding hydrogens is 306 g/mol. The standard InChI is InChI=1S/C22H19N3/c1-2-4-19(5-3-1)20-8-6-18(7-9-20)16-24-21-10-12-22(13-11-21)25-15-14-23-17-25/h1-15,17,24H,16H2. The maximum absolute atomic E-state index is 4.07. The van der Waals surface area contributed by atoms with E-state index in [-0.39, 0.29) is 0 Å². The largest absolute Gasteiger partial charge is 0.381 e. The summed E-state index contributed by atoms with van der Waals surface area (Å²) in [5, 5.41) is 3.47. The Balaban J connectivity index is 1.40. The Bertz CT molecular complexity index is 909. The van der Waals surface area contributed by atoms with Crippen molar-refractivity contribution >= 4 is 5.69 Å². The molecule has 0 bridgehead atoms. The summed E-state index contributed by atoms with van der Waals surface area (Å²) in [7, 11) is 0. The number of benzene rings is 3. The van der Waals surface area contributed by atoms with Gasteiger partial charge in [-0.3, -0.25) is 0 Å². The number of aromatic nitrogens is 2. The third kappa shape index (κ3) is 3.61. The van der Waals surface area contributed by atoms with Crippen molar-refractivity contribution in [2.24, 2.45) is 0 Å². The third-order valence-corrected chi connectivity index (χ3v) is 4.23. The van der Waals surface area contributed by atoms with E-state index >= 15 is 0 Å². The molecule has 25 heavy (non-hydrogen) atoms. The van der Waals surface area contributed by atoms with Crippen LogP contribution < -0.4 is 5.32 Å². The third-order valence-electron chi connectivity index (χ3n) is 4.23. The van der Waals surface area contributed by atoms with E-state index in [4.69, 9.17) is 0 Å². The molecule has 122 valence electrons. The quantitative estimate of drug-likeness (QED) is 0.550. The lowest BCUT2D eigenvalue weighted by Gasteiger charge is -2.09. The van der Waals surface area contributed by atoms with Crippen LogP contribution in [0.2, 0.25) is 0 Å². The molecular formula is C22H19N3. The highest BCUT2D eigenvalue weighted by molar-refractivity contribution is 5.63. The molecule has 4 aromatic rings. The summed E-state index contributed by atoms with van der Waals surface area (Å²) in [5.41, 5.74) is 5.97. The number of nitrogens with one attached hydrogen (secondary N) is 1.